The van der Waals surface area contributed by atoms with Gasteiger partial charge in [-0.25, -0.2) is 12.7 Å². The maximum Gasteiger partial charge on any atom is 0.295 e. The van der Waals surface area contributed by atoms with Crippen LogP contribution in [0, 0.1) is 0 Å². The van der Waals surface area contributed by atoms with Gasteiger partial charge in [0.25, 0.3) is 11.7 Å². The summed E-state index contributed by atoms with van der Waals surface area (Å²) in [5, 5.41) is 11.2. The SMILES string of the molecule is COCCN1C(=O)C(=O)/C(=C(/O)c2ccc(S(=O)(=O)N(C)C)cc2)[C@H]1c1cc(OC)c(OC)c(OC)c1. The smallest absolute Gasteiger partial charge is 0.295 e. The van der Waals surface area contributed by atoms with Crippen molar-refractivity contribution in [3.05, 3.63) is 53.1 Å². The van der Waals surface area contributed by atoms with E-state index in [0.717, 1.165) is 4.31 Å². The number of hydrogen-bond acceptors (Lipinski definition) is 9. The van der Waals surface area contributed by atoms with Crippen LogP contribution in [0.1, 0.15) is 17.2 Å². The second kappa shape index (κ2) is 11.2. The first-order chi connectivity index (χ1) is 17.5. The molecule has 0 bridgehead atoms. The van der Waals surface area contributed by atoms with Gasteiger partial charge < -0.3 is 29.0 Å². The number of nitrogens with zero attached hydrogens (tertiary/aromatic N) is 2. The summed E-state index contributed by atoms with van der Waals surface area (Å²) in [5.41, 5.74) is 0.427. The normalized spacial score (nSPS) is 17.4. The summed E-state index contributed by atoms with van der Waals surface area (Å²) in [5.74, 6) is -1.24. The minimum atomic E-state index is -3.70. The molecule has 1 heterocycles. The van der Waals surface area contributed by atoms with Gasteiger partial charge in [-0.2, -0.15) is 0 Å². The number of aliphatic hydroxyl groups is 1. The molecule has 0 radical (unpaired) electrons. The Bertz CT molecular complexity index is 1290. The number of ketones is 1. The summed E-state index contributed by atoms with van der Waals surface area (Å²) in [6.07, 6.45) is 0. The average molecular weight is 535 g/mol. The molecule has 1 aliphatic heterocycles. The number of carbonyl (C=O) groups is 2. The van der Waals surface area contributed by atoms with Crippen LogP contribution in [0.4, 0.5) is 0 Å². The number of benzene rings is 2. The van der Waals surface area contributed by atoms with Crippen molar-refractivity contribution in [3.63, 3.8) is 0 Å². The third kappa shape index (κ3) is 5.13. The van der Waals surface area contributed by atoms with Crippen LogP contribution < -0.4 is 14.2 Å². The molecule has 1 atom stereocenters. The minimum absolute atomic E-state index is 0.00998. The molecule has 11 nitrogen and oxygen atoms in total. The van der Waals surface area contributed by atoms with Crippen molar-refractivity contribution in [2.45, 2.75) is 10.9 Å². The molecule has 12 heteroatoms. The number of aliphatic hydroxyl groups excluding tert-OH is 1. The second-order valence-electron chi connectivity index (χ2n) is 8.26. The summed E-state index contributed by atoms with van der Waals surface area (Å²) in [6.45, 7) is 0.213. The van der Waals surface area contributed by atoms with Crippen LogP contribution >= 0.6 is 0 Å². The molecule has 1 N–H and O–H groups in total. The molecule has 1 aliphatic rings. The first kappa shape index (κ1) is 28.0. The Morgan fingerprint density at radius 2 is 1.54 bits per heavy atom. The molecule has 2 aromatic rings. The van der Waals surface area contributed by atoms with Crippen molar-refractivity contribution in [3.8, 4) is 17.2 Å². The van der Waals surface area contributed by atoms with Crippen LogP contribution in [-0.2, 0) is 24.3 Å². The van der Waals surface area contributed by atoms with Crippen LogP contribution in [0.3, 0.4) is 0 Å². The number of ether oxygens (including phenoxy) is 4. The second-order valence-corrected chi connectivity index (χ2v) is 10.4. The van der Waals surface area contributed by atoms with Crippen molar-refractivity contribution >= 4 is 27.5 Å². The number of rotatable bonds is 10. The zero-order valence-electron chi connectivity index (χ0n) is 21.5. The number of hydrogen-bond donors (Lipinski definition) is 1. The molecule has 0 unspecified atom stereocenters. The first-order valence-corrected chi connectivity index (χ1v) is 12.6. The number of sulfonamides is 1. The van der Waals surface area contributed by atoms with Gasteiger partial charge in [-0.3, -0.25) is 9.59 Å². The quantitative estimate of drug-likeness (QED) is 0.276. The number of Topliss-reactive ketones (excluding diaryl/α,β-unsaturated/α-hetero) is 1. The van der Waals surface area contributed by atoms with E-state index in [2.05, 4.69) is 0 Å². The van der Waals surface area contributed by atoms with Crippen LogP contribution in [-0.4, -0.2) is 90.1 Å². The Kier molecular flexibility index (Phi) is 8.46. The number of methoxy groups -OCH3 is 4. The number of likely N-dealkylation sites (tertiary alicyclic amines) is 1. The van der Waals surface area contributed by atoms with Gasteiger partial charge in [0.05, 0.1) is 44.4 Å². The van der Waals surface area contributed by atoms with Gasteiger partial charge in [0.1, 0.15) is 5.76 Å². The highest BCUT2D eigenvalue weighted by Crippen LogP contribution is 2.45. The lowest BCUT2D eigenvalue weighted by Crippen LogP contribution is -2.32. The highest BCUT2D eigenvalue weighted by atomic mass is 32.2. The zero-order chi connectivity index (χ0) is 27.5. The van der Waals surface area contributed by atoms with Gasteiger partial charge in [-0.05, 0) is 42.0 Å². The van der Waals surface area contributed by atoms with Crippen LogP contribution in [0.2, 0.25) is 0 Å². The van der Waals surface area contributed by atoms with E-state index in [1.807, 2.05) is 0 Å². The summed E-state index contributed by atoms with van der Waals surface area (Å²) >= 11 is 0. The molecule has 2 aromatic carbocycles. The third-order valence-corrected chi connectivity index (χ3v) is 7.81. The summed E-state index contributed by atoms with van der Waals surface area (Å²) < 4.78 is 47.3. The van der Waals surface area contributed by atoms with Gasteiger partial charge in [-0.1, -0.05) is 0 Å². The molecule has 37 heavy (non-hydrogen) atoms. The van der Waals surface area contributed by atoms with E-state index in [0.29, 0.717) is 22.8 Å². The van der Waals surface area contributed by atoms with E-state index in [1.54, 1.807) is 12.1 Å². The fraction of sp³-hybridized carbons (Fsp3) is 0.360. The van der Waals surface area contributed by atoms with E-state index in [4.69, 9.17) is 18.9 Å². The van der Waals surface area contributed by atoms with Gasteiger partial charge in [0.2, 0.25) is 15.8 Å². The van der Waals surface area contributed by atoms with E-state index in [9.17, 15) is 23.1 Å². The van der Waals surface area contributed by atoms with E-state index in [1.165, 1.54) is 71.7 Å². The largest absolute Gasteiger partial charge is 0.507 e. The molecule has 0 aliphatic carbocycles. The zero-order valence-corrected chi connectivity index (χ0v) is 22.3. The van der Waals surface area contributed by atoms with Crippen molar-refractivity contribution in [1.29, 1.82) is 0 Å². The third-order valence-electron chi connectivity index (χ3n) is 5.99. The Morgan fingerprint density at radius 1 is 0.973 bits per heavy atom. The molecule has 0 aromatic heterocycles. The topological polar surface area (TPSA) is 132 Å². The average Bonchev–Trinajstić information content (AvgIpc) is 3.15. The van der Waals surface area contributed by atoms with Crippen LogP contribution in [0.25, 0.3) is 5.76 Å². The lowest BCUT2D eigenvalue weighted by molar-refractivity contribution is -0.140. The van der Waals surface area contributed by atoms with Crippen LogP contribution in [0.5, 0.6) is 17.2 Å². The minimum Gasteiger partial charge on any atom is -0.507 e. The lowest BCUT2D eigenvalue weighted by Gasteiger charge is -2.26. The van der Waals surface area contributed by atoms with Gasteiger partial charge in [0.15, 0.2) is 11.5 Å². The number of carbonyl (C=O) groups excluding carboxylic acids is 2. The van der Waals surface area contributed by atoms with Crippen molar-refractivity contribution in [2.24, 2.45) is 0 Å². The molecule has 1 saturated heterocycles. The molecule has 200 valence electrons. The fourth-order valence-electron chi connectivity index (χ4n) is 4.06. The molecule has 0 saturated carbocycles. The summed E-state index contributed by atoms with van der Waals surface area (Å²) in [7, 11) is 4.90. The van der Waals surface area contributed by atoms with E-state index >= 15 is 0 Å². The molecular weight excluding hydrogens is 504 g/mol. The standard InChI is InChI=1S/C25H30N2O9S/c1-26(2)37(31,32)17-9-7-15(8-10-17)22(28)20-21(27(11-12-33-3)25(30)23(20)29)16-13-18(34-4)24(36-6)19(14-16)35-5/h7-10,13-14,21,28H,11-12H2,1-6H3/b22-20+/t21-/m1/s1. The fourth-order valence-corrected chi connectivity index (χ4v) is 4.96. The van der Waals surface area contributed by atoms with E-state index < -0.39 is 33.5 Å². The summed E-state index contributed by atoms with van der Waals surface area (Å²) in [6, 6.07) is 7.57. The Hall–Kier alpha value is -3.61. The van der Waals surface area contributed by atoms with Gasteiger partial charge in [-0.15, -0.1) is 0 Å². The maximum atomic E-state index is 13.2. The Morgan fingerprint density at radius 3 is 2.00 bits per heavy atom. The van der Waals surface area contributed by atoms with Gasteiger partial charge >= 0.3 is 0 Å². The van der Waals surface area contributed by atoms with Gasteiger partial charge in [0, 0.05) is 33.3 Å². The molecule has 0 spiro atoms. The summed E-state index contributed by atoms with van der Waals surface area (Å²) in [4.78, 5) is 27.5. The van der Waals surface area contributed by atoms with Crippen LogP contribution in [0.15, 0.2) is 46.9 Å². The Labute approximate surface area is 215 Å². The first-order valence-electron chi connectivity index (χ1n) is 11.1. The molecule has 1 amide bonds. The predicted octanol–water partition coefficient (Wildman–Crippen LogP) is 2.03. The lowest BCUT2D eigenvalue weighted by atomic mass is 9.94. The maximum absolute atomic E-state index is 13.2. The number of amides is 1. The molecule has 1 fully saturated rings. The highest BCUT2D eigenvalue weighted by Gasteiger charge is 2.46. The molecular formula is C25H30N2O9S. The monoisotopic (exact) mass is 534 g/mol. The molecule has 3 rings (SSSR count). The van der Waals surface area contributed by atoms with Crippen molar-refractivity contribution < 1.29 is 42.1 Å². The van der Waals surface area contributed by atoms with Crippen molar-refractivity contribution in [1.82, 2.24) is 9.21 Å². The van der Waals surface area contributed by atoms with Crippen molar-refractivity contribution in [2.75, 3.05) is 55.7 Å². The Balaban J connectivity index is 2.23. The van der Waals surface area contributed by atoms with E-state index in [-0.39, 0.29) is 29.2 Å². The predicted molar refractivity (Wildman–Crippen MR) is 134 cm³/mol. The highest BCUT2D eigenvalue weighted by molar-refractivity contribution is 7.89.